The van der Waals surface area contributed by atoms with Gasteiger partial charge >= 0.3 is 0 Å². The average Bonchev–Trinajstić information content (AvgIpc) is 2.18. The molecule has 4 heteroatoms. The molecule has 1 rings (SSSR count). The van der Waals surface area contributed by atoms with E-state index in [4.69, 9.17) is 0 Å². The number of hydrogen-bond donors (Lipinski definition) is 1. The summed E-state index contributed by atoms with van der Waals surface area (Å²) in [5.74, 6) is 0. The molecule has 0 saturated heterocycles. The molecule has 0 aliphatic heterocycles. The fourth-order valence-electron chi connectivity index (χ4n) is 1.24. The Morgan fingerprint density at radius 3 is 2.67 bits per heavy atom. The van der Waals surface area contributed by atoms with Crippen molar-refractivity contribution in [2.45, 2.75) is 18.7 Å². The van der Waals surface area contributed by atoms with Crippen molar-refractivity contribution < 1.29 is 8.42 Å². The summed E-state index contributed by atoms with van der Waals surface area (Å²) in [5.41, 5.74) is 1.68. The minimum absolute atomic E-state index is 0.246. The highest BCUT2D eigenvalue weighted by Crippen LogP contribution is 2.16. The normalized spacial score (nSPS) is 11.3. The summed E-state index contributed by atoms with van der Waals surface area (Å²) >= 11 is 0. The predicted molar refractivity (Wildman–Crippen MR) is 61.3 cm³/mol. The van der Waals surface area contributed by atoms with Crippen LogP contribution in [0.5, 0.6) is 0 Å². The molecule has 1 aromatic rings. The molecular weight excluding hydrogens is 210 g/mol. The minimum atomic E-state index is -3.40. The summed E-state index contributed by atoms with van der Waals surface area (Å²) in [5, 5.41) is 0. The molecule has 0 aromatic heterocycles. The lowest BCUT2D eigenvalue weighted by Gasteiger charge is -2.08. The summed E-state index contributed by atoms with van der Waals surface area (Å²) < 4.78 is 26.1. The number of hydrogen-bond acceptors (Lipinski definition) is 2. The van der Waals surface area contributed by atoms with E-state index in [-0.39, 0.29) is 6.54 Å². The van der Waals surface area contributed by atoms with Crippen molar-refractivity contribution in [3.8, 4) is 0 Å². The lowest BCUT2D eigenvalue weighted by atomic mass is 10.2. The van der Waals surface area contributed by atoms with Gasteiger partial charge in [0.15, 0.2) is 0 Å². The number of nitrogens with one attached hydrogen (secondary N) is 1. The maximum Gasteiger partial charge on any atom is 0.241 e. The van der Waals surface area contributed by atoms with Gasteiger partial charge in [-0.1, -0.05) is 18.2 Å². The lowest BCUT2D eigenvalue weighted by molar-refractivity contribution is 0.585. The van der Waals surface area contributed by atoms with Crippen LogP contribution in [0.25, 0.3) is 0 Å². The molecular formula is C11H15NO2S. The molecule has 0 aliphatic rings. The highest BCUT2D eigenvalue weighted by atomic mass is 32.2. The van der Waals surface area contributed by atoms with Crippen molar-refractivity contribution in [2.24, 2.45) is 0 Å². The maximum atomic E-state index is 11.8. The topological polar surface area (TPSA) is 46.2 Å². The Hall–Kier alpha value is -1.13. The van der Waals surface area contributed by atoms with Gasteiger partial charge in [0.1, 0.15) is 0 Å². The molecule has 0 bridgehead atoms. The van der Waals surface area contributed by atoms with E-state index >= 15 is 0 Å². The van der Waals surface area contributed by atoms with Gasteiger partial charge in [0, 0.05) is 6.54 Å². The molecule has 0 unspecified atom stereocenters. The number of aryl methyl sites for hydroxylation is 2. The summed E-state index contributed by atoms with van der Waals surface area (Å²) in [4.78, 5) is 0.337. The fraction of sp³-hybridized carbons (Fsp3) is 0.273. The molecule has 3 nitrogen and oxygen atoms in total. The van der Waals surface area contributed by atoms with Crippen molar-refractivity contribution >= 4 is 10.0 Å². The second kappa shape index (κ2) is 4.59. The van der Waals surface area contributed by atoms with Crippen molar-refractivity contribution in [3.05, 3.63) is 42.0 Å². The van der Waals surface area contributed by atoms with Gasteiger partial charge in [-0.05, 0) is 31.0 Å². The van der Waals surface area contributed by atoms with Crippen LogP contribution in [-0.2, 0) is 10.0 Å². The zero-order valence-corrected chi connectivity index (χ0v) is 9.76. The van der Waals surface area contributed by atoms with Crippen molar-refractivity contribution in [1.82, 2.24) is 4.72 Å². The monoisotopic (exact) mass is 225 g/mol. The molecule has 0 fully saturated rings. The van der Waals surface area contributed by atoms with Crippen LogP contribution in [0.15, 0.2) is 35.7 Å². The summed E-state index contributed by atoms with van der Waals surface area (Å²) in [6.07, 6.45) is 1.52. The number of rotatable bonds is 4. The van der Waals surface area contributed by atoms with E-state index in [1.807, 2.05) is 13.0 Å². The molecule has 82 valence electrons. The third-order valence-corrected chi connectivity index (χ3v) is 3.62. The van der Waals surface area contributed by atoms with Gasteiger partial charge in [0.25, 0.3) is 0 Å². The SMILES string of the molecule is C=CCNS(=O)(=O)c1cc(C)ccc1C. The third-order valence-electron chi connectivity index (χ3n) is 2.05. The smallest absolute Gasteiger partial charge is 0.207 e. The first kappa shape index (κ1) is 11.9. The van der Waals surface area contributed by atoms with Crippen LogP contribution in [-0.4, -0.2) is 15.0 Å². The summed E-state index contributed by atoms with van der Waals surface area (Å²) in [7, 11) is -3.40. The highest BCUT2D eigenvalue weighted by Gasteiger charge is 2.15. The molecule has 0 radical (unpaired) electrons. The van der Waals surface area contributed by atoms with Crippen LogP contribution in [0, 0.1) is 13.8 Å². The molecule has 1 aromatic carbocycles. The van der Waals surface area contributed by atoms with Crippen molar-refractivity contribution in [2.75, 3.05) is 6.54 Å². The van der Waals surface area contributed by atoms with Crippen molar-refractivity contribution in [1.29, 1.82) is 0 Å². The number of sulfonamides is 1. The Labute approximate surface area is 90.9 Å². The summed E-state index contributed by atoms with van der Waals surface area (Å²) in [6.45, 7) is 7.36. The first-order valence-electron chi connectivity index (χ1n) is 4.65. The predicted octanol–water partition coefficient (Wildman–Crippen LogP) is 1.77. The first-order chi connectivity index (χ1) is 6.97. The molecule has 1 N–H and O–H groups in total. The molecule has 0 aliphatic carbocycles. The molecule has 0 heterocycles. The quantitative estimate of drug-likeness (QED) is 0.794. The zero-order chi connectivity index (χ0) is 11.5. The Balaban J connectivity index is 3.14. The van der Waals surface area contributed by atoms with Gasteiger partial charge in [0.05, 0.1) is 4.90 Å². The fourth-order valence-corrected chi connectivity index (χ4v) is 2.57. The Morgan fingerprint density at radius 1 is 1.40 bits per heavy atom. The average molecular weight is 225 g/mol. The van der Waals surface area contributed by atoms with Crippen LogP contribution in [0.2, 0.25) is 0 Å². The van der Waals surface area contributed by atoms with E-state index in [0.29, 0.717) is 4.90 Å². The van der Waals surface area contributed by atoms with Crippen LogP contribution in [0.3, 0.4) is 0 Å². The second-order valence-electron chi connectivity index (χ2n) is 3.41. The van der Waals surface area contributed by atoms with Gasteiger partial charge in [-0.15, -0.1) is 6.58 Å². The second-order valence-corrected chi connectivity index (χ2v) is 5.14. The Bertz CT molecular complexity index is 463. The number of benzene rings is 1. The van der Waals surface area contributed by atoms with Crippen molar-refractivity contribution in [3.63, 3.8) is 0 Å². The van der Waals surface area contributed by atoms with Crippen LogP contribution in [0.4, 0.5) is 0 Å². The van der Waals surface area contributed by atoms with E-state index < -0.39 is 10.0 Å². The van der Waals surface area contributed by atoms with Crippen LogP contribution < -0.4 is 4.72 Å². The third kappa shape index (κ3) is 2.91. The van der Waals surface area contributed by atoms with E-state index in [1.165, 1.54) is 6.08 Å². The molecule has 15 heavy (non-hydrogen) atoms. The Kier molecular flexibility index (Phi) is 3.66. The molecule has 0 spiro atoms. The standard InChI is InChI=1S/C11H15NO2S/c1-4-7-12-15(13,14)11-8-9(2)5-6-10(11)3/h4-6,8,12H,1,7H2,2-3H3. The van der Waals surface area contributed by atoms with Crippen LogP contribution in [0.1, 0.15) is 11.1 Å². The highest BCUT2D eigenvalue weighted by molar-refractivity contribution is 7.89. The largest absolute Gasteiger partial charge is 0.241 e. The van der Waals surface area contributed by atoms with Gasteiger partial charge in [-0.2, -0.15) is 0 Å². The van der Waals surface area contributed by atoms with Gasteiger partial charge < -0.3 is 0 Å². The van der Waals surface area contributed by atoms with E-state index in [2.05, 4.69) is 11.3 Å². The molecule has 0 atom stereocenters. The maximum absolute atomic E-state index is 11.8. The van der Waals surface area contributed by atoms with Gasteiger partial charge in [-0.3, -0.25) is 0 Å². The van der Waals surface area contributed by atoms with E-state index in [1.54, 1.807) is 19.1 Å². The van der Waals surface area contributed by atoms with Gasteiger partial charge in [-0.25, -0.2) is 13.1 Å². The Morgan fingerprint density at radius 2 is 2.07 bits per heavy atom. The zero-order valence-electron chi connectivity index (χ0n) is 8.95. The van der Waals surface area contributed by atoms with Gasteiger partial charge in [0.2, 0.25) is 10.0 Å². The van der Waals surface area contributed by atoms with E-state index in [9.17, 15) is 8.42 Å². The minimum Gasteiger partial charge on any atom is -0.207 e. The summed E-state index contributed by atoms with van der Waals surface area (Å²) in [6, 6.07) is 5.36. The molecule has 0 amide bonds. The molecule has 0 saturated carbocycles. The van der Waals surface area contributed by atoms with Crippen LogP contribution >= 0.6 is 0 Å². The first-order valence-corrected chi connectivity index (χ1v) is 6.13. The van der Waals surface area contributed by atoms with E-state index in [0.717, 1.165) is 11.1 Å². The lowest BCUT2D eigenvalue weighted by Crippen LogP contribution is -2.24.